The van der Waals surface area contributed by atoms with Crippen molar-refractivity contribution in [3.05, 3.63) is 54.3 Å². The molecule has 5 nitrogen and oxygen atoms in total. The van der Waals surface area contributed by atoms with E-state index in [1.807, 2.05) is 18.2 Å². The average molecular weight is 357 g/mol. The molecule has 138 valence electrons. The molecule has 26 heavy (non-hydrogen) atoms. The summed E-state index contributed by atoms with van der Waals surface area (Å²) in [6.07, 6.45) is 2.43. The molecule has 0 unspecified atom stereocenters. The highest BCUT2D eigenvalue weighted by molar-refractivity contribution is 5.89. The van der Waals surface area contributed by atoms with Crippen LogP contribution >= 0.6 is 0 Å². The second kappa shape index (κ2) is 8.56. The predicted molar refractivity (Wildman–Crippen MR) is 101 cm³/mol. The number of benzene rings is 2. The molecular weight excluding hydrogens is 333 g/mol. The molecule has 2 amide bonds. The number of carbonyl (C=O) groups excluding carboxylic acids is 1. The molecule has 1 aliphatic heterocycles. The second-order valence-corrected chi connectivity index (χ2v) is 6.40. The number of halogens is 1. The van der Waals surface area contributed by atoms with E-state index < -0.39 is 0 Å². The molecule has 2 aromatic carbocycles. The summed E-state index contributed by atoms with van der Waals surface area (Å²) < 4.78 is 18.4. The van der Waals surface area contributed by atoms with Crippen LogP contribution in [0.1, 0.15) is 12.8 Å². The highest BCUT2D eigenvalue weighted by Crippen LogP contribution is 2.23. The number of urea groups is 1. The first-order chi connectivity index (χ1) is 12.6. The van der Waals surface area contributed by atoms with Gasteiger partial charge in [0.25, 0.3) is 0 Å². The summed E-state index contributed by atoms with van der Waals surface area (Å²) in [6.45, 7) is 2.90. The third-order valence-electron chi connectivity index (χ3n) is 4.42. The van der Waals surface area contributed by atoms with Gasteiger partial charge in [-0.1, -0.05) is 6.07 Å². The zero-order valence-corrected chi connectivity index (χ0v) is 15.0. The van der Waals surface area contributed by atoms with E-state index in [1.165, 1.54) is 25.0 Å². The lowest BCUT2D eigenvalue weighted by Crippen LogP contribution is -2.34. The molecule has 2 aromatic rings. The maximum Gasteiger partial charge on any atom is 0.321 e. The second-order valence-electron chi connectivity index (χ2n) is 6.40. The number of likely N-dealkylation sites (N-methyl/N-ethyl adjacent to an activating group) is 1. The Kier molecular flexibility index (Phi) is 5.94. The Hall–Kier alpha value is -2.76. The standard InChI is InChI=1S/C20H24FN3O2/c1-23(13-14-26-19-9-7-16(21)8-10-19)20(25)22-17-5-4-6-18(15-17)24-11-2-3-12-24/h4-10,15H,2-3,11-14H2,1H3,(H,22,25). The Morgan fingerprint density at radius 3 is 2.65 bits per heavy atom. The monoisotopic (exact) mass is 357 g/mol. The summed E-state index contributed by atoms with van der Waals surface area (Å²) in [4.78, 5) is 16.2. The van der Waals surface area contributed by atoms with Gasteiger partial charge in [0.1, 0.15) is 18.2 Å². The summed E-state index contributed by atoms with van der Waals surface area (Å²) in [5.41, 5.74) is 1.92. The van der Waals surface area contributed by atoms with Crippen LogP contribution in [0.15, 0.2) is 48.5 Å². The van der Waals surface area contributed by atoms with E-state index in [2.05, 4.69) is 16.3 Å². The Bertz CT molecular complexity index is 730. The number of ether oxygens (including phenoxy) is 1. The highest BCUT2D eigenvalue weighted by Gasteiger charge is 2.14. The van der Waals surface area contributed by atoms with E-state index in [4.69, 9.17) is 4.74 Å². The van der Waals surface area contributed by atoms with Gasteiger partial charge in [0.05, 0.1) is 6.54 Å². The van der Waals surface area contributed by atoms with Gasteiger partial charge >= 0.3 is 6.03 Å². The molecule has 1 saturated heterocycles. The van der Waals surface area contributed by atoms with Crippen molar-refractivity contribution in [2.45, 2.75) is 12.8 Å². The molecule has 1 aliphatic rings. The third kappa shape index (κ3) is 4.88. The van der Waals surface area contributed by atoms with Crippen LogP contribution in [0.5, 0.6) is 5.75 Å². The van der Waals surface area contributed by atoms with Crippen molar-refractivity contribution in [2.24, 2.45) is 0 Å². The zero-order valence-electron chi connectivity index (χ0n) is 15.0. The summed E-state index contributed by atoms with van der Waals surface area (Å²) in [5.74, 6) is 0.281. The fourth-order valence-corrected chi connectivity index (χ4v) is 2.91. The highest BCUT2D eigenvalue weighted by atomic mass is 19.1. The van der Waals surface area contributed by atoms with E-state index >= 15 is 0 Å². The van der Waals surface area contributed by atoms with Crippen LogP contribution in [0.4, 0.5) is 20.6 Å². The zero-order chi connectivity index (χ0) is 18.4. The lowest BCUT2D eigenvalue weighted by molar-refractivity contribution is 0.207. The average Bonchev–Trinajstić information content (AvgIpc) is 3.18. The Morgan fingerprint density at radius 1 is 1.19 bits per heavy atom. The molecular formula is C20H24FN3O2. The number of anilines is 2. The Labute approximate surface area is 153 Å². The van der Waals surface area contributed by atoms with Crippen molar-refractivity contribution in [1.82, 2.24) is 4.90 Å². The van der Waals surface area contributed by atoms with Crippen LogP contribution in [-0.2, 0) is 0 Å². The van der Waals surface area contributed by atoms with Crippen LogP contribution in [0.2, 0.25) is 0 Å². The molecule has 0 atom stereocenters. The lowest BCUT2D eigenvalue weighted by Gasteiger charge is -2.20. The van der Waals surface area contributed by atoms with E-state index in [-0.39, 0.29) is 11.8 Å². The van der Waals surface area contributed by atoms with E-state index in [0.717, 1.165) is 24.5 Å². The first kappa shape index (κ1) is 18.0. The van der Waals surface area contributed by atoms with Crippen molar-refractivity contribution in [3.8, 4) is 5.75 Å². The number of nitrogens with one attached hydrogen (secondary N) is 1. The van der Waals surface area contributed by atoms with Crippen LogP contribution in [0.25, 0.3) is 0 Å². The van der Waals surface area contributed by atoms with Crippen LogP contribution in [0, 0.1) is 5.82 Å². The minimum absolute atomic E-state index is 0.189. The van der Waals surface area contributed by atoms with Gasteiger partial charge in [0.15, 0.2) is 0 Å². The topological polar surface area (TPSA) is 44.8 Å². The number of nitrogens with zero attached hydrogens (tertiary/aromatic N) is 2. The maximum absolute atomic E-state index is 12.9. The van der Waals surface area contributed by atoms with Gasteiger partial charge < -0.3 is 19.9 Å². The van der Waals surface area contributed by atoms with Crippen molar-refractivity contribution in [3.63, 3.8) is 0 Å². The normalized spacial score (nSPS) is 13.5. The van der Waals surface area contributed by atoms with Gasteiger partial charge in [0, 0.05) is 31.5 Å². The molecule has 3 rings (SSSR count). The minimum atomic E-state index is -0.301. The van der Waals surface area contributed by atoms with Gasteiger partial charge in [-0.2, -0.15) is 0 Å². The largest absolute Gasteiger partial charge is 0.492 e. The van der Waals surface area contributed by atoms with Crippen LogP contribution < -0.4 is 15.0 Å². The quantitative estimate of drug-likeness (QED) is 0.851. The molecule has 0 saturated carbocycles. The molecule has 0 radical (unpaired) electrons. The fraction of sp³-hybridized carbons (Fsp3) is 0.350. The van der Waals surface area contributed by atoms with Crippen molar-refractivity contribution in [1.29, 1.82) is 0 Å². The van der Waals surface area contributed by atoms with E-state index in [0.29, 0.717) is 18.9 Å². The first-order valence-corrected chi connectivity index (χ1v) is 8.87. The van der Waals surface area contributed by atoms with Crippen molar-refractivity contribution in [2.75, 3.05) is 43.5 Å². The van der Waals surface area contributed by atoms with Gasteiger partial charge in [-0.15, -0.1) is 0 Å². The van der Waals surface area contributed by atoms with E-state index in [1.54, 1.807) is 24.1 Å². The Morgan fingerprint density at radius 2 is 1.92 bits per heavy atom. The first-order valence-electron chi connectivity index (χ1n) is 8.87. The van der Waals surface area contributed by atoms with Gasteiger partial charge in [-0.3, -0.25) is 0 Å². The molecule has 6 heteroatoms. The maximum atomic E-state index is 12.9. The molecule has 1 N–H and O–H groups in total. The van der Waals surface area contributed by atoms with Crippen LogP contribution in [0.3, 0.4) is 0 Å². The SMILES string of the molecule is CN(CCOc1ccc(F)cc1)C(=O)Nc1cccc(N2CCCC2)c1. The molecule has 1 fully saturated rings. The Balaban J connectivity index is 1.47. The fourth-order valence-electron chi connectivity index (χ4n) is 2.91. The van der Waals surface area contributed by atoms with Gasteiger partial charge in [0.2, 0.25) is 0 Å². The smallest absolute Gasteiger partial charge is 0.321 e. The molecule has 0 spiro atoms. The summed E-state index contributed by atoms with van der Waals surface area (Å²) >= 11 is 0. The molecule has 0 aromatic heterocycles. The number of amides is 2. The number of hydrogen-bond acceptors (Lipinski definition) is 3. The van der Waals surface area contributed by atoms with Gasteiger partial charge in [-0.25, -0.2) is 9.18 Å². The minimum Gasteiger partial charge on any atom is -0.492 e. The number of rotatable bonds is 6. The summed E-state index contributed by atoms with van der Waals surface area (Å²) in [6, 6.07) is 13.6. The van der Waals surface area contributed by atoms with Crippen molar-refractivity contribution < 1.29 is 13.9 Å². The summed E-state index contributed by atoms with van der Waals surface area (Å²) in [5, 5.41) is 2.92. The molecule has 0 aliphatic carbocycles. The molecule has 0 bridgehead atoms. The predicted octanol–water partition coefficient (Wildman–Crippen LogP) is 3.97. The molecule has 1 heterocycles. The third-order valence-corrected chi connectivity index (χ3v) is 4.42. The van der Waals surface area contributed by atoms with E-state index in [9.17, 15) is 9.18 Å². The number of carbonyl (C=O) groups is 1. The number of hydrogen-bond donors (Lipinski definition) is 1. The summed E-state index contributed by atoms with van der Waals surface area (Å²) in [7, 11) is 1.72. The van der Waals surface area contributed by atoms with Gasteiger partial charge in [-0.05, 0) is 55.3 Å². The van der Waals surface area contributed by atoms with Crippen LogP contribution in [-0.4, -0.2) is 44.2 Å². The lowest BCUT2D eigenvalue weighted by atomic mass is 10.2. The van der Waals surface area contributed by atoms with Crippen molar-refractivity contribution >= 4 is 17.4 Å².